The summed E-state index contributed by atoms with van der Waals surface area (Å²) in [6.07, 6.45) is 0. The van der Waals surface area contributed by atoms with Gasteiger partial charge in [0.25, 0.3) is 11.6 Å². The molecular weight excluding hydrogens is 414 g/mol. The van der Waals surface area contributed by atoms with Crippen molar-refractivity contribution in [2.75, 3.05) is 38.2 Å². The number of carbonyl (C=O) groups excluding carboxylic acids is 2. The molecule has 0 aliphatic carbocycles. The summed E-state index contributed by atoms with van der Waals surface area (Å²) in [5, 5.41) is 13.4. The molecule has 0 aromatic heterocycles. The van der Waals surface area contributed by atoms with Crippen molar-refractivity contribution in [3.63, 3.8) is 0 Å². The van der Waals surface area contributed by atoms with Gasteiger partial charge in [-0.3, -0.25) is 19.8 Å². The average molecular weight is 434 g/mol. The highest BCUT2D eigenvalue weighted by Crippen LogP contribution is 2.25. The summed E-state index contributed by atoms with van der Waals surface area (Å²) in [5.41, 5.74) is 1.22. The zero-order valence-electron chi connectivity index (χ0n) is 16.0. The molecule has 1 fully saturated rings. The Morgan fingerprint density at radius 1 is 1.17 bits per heavy atom. The van der Waals surface area contributed by atoms with E-state index in [1.807, 2.05) is 12.1 Å². The lowest BCUT2D eigenvalue weighted by molar-refractivity contribution is -0.384. The first-order valence-corrected chi connectivity index (χ1v) is 9.60. The van der Waals surface area contributed by atoms with Gasteiger partial charge in [-0.05, 0) is 29.8 Å². The van der Waals surface area contributed by atoms with Crippen molar-refractivity contribution in [2.24, 2.45) is 0 Å². The summed E-state index contributed by atoms with van der Waals surface area (Å²) in [6.45, 7) is 3.53. The molecule has 9 nitrogen and oxygen atoms in total. The minimum atomic E-state index is -0.856. The quantitative estimate of drug-likeness (QED) is 0.406. The number of nitro groups is 1. The Morgan fingerprint density at radius 3 is 2.53 bits per heavy atom. The van der Waals surface area contributed by atoms with Crippen molar-refractivity contribution in [3.8, 4) is 0 Å². The fraction of sp³-hybridized carbons (Fsp3) is 0.300. The summed E-state index contributed by atoms with van der Waals surface area (Å²) in [5.74, 6) is -1.38. The lowest BCUT2D eigenvalue weighted by Crippen LogP contribution is -2.35. The lowest BCUT2D eigenvalue weighted by atomic mass is 10.2. The molecule has 1 heterocycles. The zero-order valence-corrected chi connectivity index (χ0v) is 16.8. The molecule has 0 spiro atoms. The standard InChI is InChI=1S/C20H20ClN3O6/c21-17-6-3-15(11-18(17)24(27)28)20(26)30-13-19(25)22-16-4-1-14(2-5-16)12-23-7-9-29-10-8-23/h1-6,11H,7-10,12-13H2,(H,22,25). The van der Waals surface area contributed by atoms with E-state index in [1.54, 1.807) is 12.1 Å². The van der Waals surface area contributed by atoms with Crippen LogP contribution in [0.1, 0.15) is 15.9 Å². The van der Waals surface area contributed by atoms with Gasteiger partial charge in [0.05, 0.1) is 23.7 Å². The molecule has 0 atom stereocenters. The number of rotatable bonds is 7. The number of nitrogens with zero attached hydrogens (tertiary/aromatic N) is 2. The molecule has 3 rings (SSSR count). The van der Waals surface area contributed by atoms with E-state index in [0.29, 0.717) is 5.69 Å². The van der Waals surface area contributed by atoms with E-state index in [-0.39, 0.29) is 10.6 Å². The zero-order chi connectivity index (χ0) is 21.5. The van der Waals surface area contributed by atoms with Crippen molar-refractivity contribution in [1.29, 1.82) is 0 Å². The smallest absolute Gasteiger partial charge is 0.338 e. The minimum Gasteiger partial charge on any atom is -0.452 e. The van der Waals surface area contributed by atoms with Crippen LogP contribution in [0, 0.1) is 10.1 Å². The molecule has 2 aromatic carbocycles. The maximum Gasteiger partial charge on any atom is 0.338 e. The summed E-state index contributed by atoms with van der Waals surface area (Å²) in [4.78, 5) is 36.6. The third-order valence-corrected chi connectivity index (χ3v) is 4.78. The number of ether oxygens (including phenoxy) is 2. The molecule has 0 bridgehead atoms. The van der Waals surface area contributed by atoms with Crippen LogP contribution in [-0.4, -0.2) is 54.6 Å². The van der Waals surface area contributed by atoms with Gasteiger partial charge < -0.3 is 14.8 Å². The number of carbonyl (C=O) groups is 2. The van der Waals surface area contributed by atoms with Gasteiger partial charge in [0, 0.05) is 31.4 Å². The molecule has 1 saturated heterocycles. The number of nitrogens with one attached hydrogen (secondary N) is 1. The molecule has 1 N–H and O–H groups in total. The monoisotopic (exact) mass is 433 g/mol. The Hall–Kier alpha value is -3.01. The van der Waals surface area contributed by atoms with Gasteiger partial charge in [-0.15, -0.1) is 0 Å². The normalized spacial score (nSPS) is 14.2. The van der Waals surface area contributed by atoms with Gasteiger partial charge in [-0.2, -0.15) is 0 Å². The van der Waals surface area contributed by atoms with Gasteiger partial charge in [-0.1, -0.05) is 23.7 Å². The van der Waals surface area contributed by atoms with Crippen LogP contribution in [0.2, 0.25) is 5.02 Å². The average Bonchev–Trinajstić information content (AvgIpc) is 2.74. The number of hydrogen-bond acceptors (Lipinski definition) is 7. The predicted molar refractivity (Wildman–Crippen MR) is 110 cm³/mol. The molecular formula is C20H20ClN3O6. The maximum atomic E-state index is 12.0. The molecule has 0 saturated carbocycles. The molecule has 30 heavy (non-hydrogen) atoms. The summed E-state index contributed by atoms with van der Waals surface area (Å²) in [7, 11) is 0. The van der Waals surface area contributed by atoms with Crippen LogP contribution < -0.4 is 5.32 Å². The number of amides is 1. The number of benzene rings is 2. The van der Waals surface area contributed by atoms with Crippen molar-refractivity contribution in [1.82, 2.24) is 4.90 Å². The van der Waals surface area contributed by atoms with E-state index in [0.717, 1.165) is 44.5 Å². The summed E-state index contributed by atoms with van der Waals surface area (Å²) >= 11 is 5.71. The van der Waals surface area contributed by atoms with Crippen LogP contribution in [0.25, 0.3) is 0 Å². The number of morpholine rings is 1. The molecule has 0 radical (unpaired) electrons. The fourth-order valence-corrected chi connectivity index (χ4v) is 3.09. The van der Waals surface area contributed by atoms with E-state index in [2.05, 4.69) is 10.2 Å². The second kappa shape index (κ2) is 10.1. The van der Waals surface area contributed by atoms with Crippen molar-refractivity contribution >= 4 is 34.9 Å². The first kappa shape index (κ1) is 21.7. The highest BCUT2D eigenvalue weighted by Gasteiger charge is 2.18. The molecule has 1 aliphatic heterocycles. The van der Waals surface area contributed by atoms with Crippen LogP contribution in [0.4, 0.5) is 11.4 Å². The Balaban J connectivity index is 1.49. The van der Waals surface area contributed by atoms with Crippen LogP contribution in [0.3, 0.4) is 0 Å². The van der Waals surface area contributed by atoms with Crippen LogP contribution in [0.5, 0.6) is 0 Å². The minimum absolute atomic E-state index is 0.0636. The predicted octanol–water partition coefficient (Wildman–Crippen LogP) is 2.88. The third-order valence-electron chi connectivity index (χ3n) is 4.46. The van der Waals surface area contributed by atoms with Crippen molar-refractivity contribution in [3.05, 3.63) is 68.7 Å². The third kappa shape index (κ3) is 5.99. The first-order chi connectivity index (χ1) is 14.4. The second-order valence-electron chi connectivity index (χ2n) is 6.63. The number of esters is 1. The van der Waals surface area contributed by atoms with E-state index < -0.39 is 29.1 Å². The van der Waals surface area contributed by atoms with Gasteiger partial charge in [0.1, 0.15) is 5.02 Å². The van der Waals surface area contributed by atoms with E-state index in [9.17, 15) is 19.7 Å². The Morgan fingerprint density at radius 2 is 1.87 bits per heavy atom. The largest absolute Gasteiger partial charge is 0.452 e. The molecule has 1 amide bonds. The van der Waals surface area contributed by atoms with Crippen LogP contribution >= 0.6 is 11.6 Å². The highest BCUT2D eigenvalue weighted by molar-refractivity contribution is 6.32. The van der Waals surface area contributed by atoms with Crippen molar-refractivity contribution in [2.45, 2.75) is 6.54 Å². The molecule has 10 heteroatoms. The second-order valence-corrected chi connectivity index (χ2v) is 7.04. The Labute approximate surface area is 177 Å². The summed E-state index contributed by atoms with van der Waals surface area (Å²) < 4.78 is 10.3. The van der Waals surface area contributed by atoms with Gasteiger partial charge in [0.15, 0.2) is 6.61 Å². The topological polar surface area (TPSA) is 111 Å². The van der Waals surface area contributed by atoms with Gasteiger partial charge >= 0.3 is 5.97 Å². The summed E-state index contributed by atoms with van der Waals surface area (Å²) in [6, 6.07) is 10.9. The number of halogens is 1. The molecule has 158 valence electrons. The van der Waals surface area contributed by atoms with Crippen LogP contribution in [-0.2, 0) is 20.8 Å². The fourth-order valence-electron chi connectivity index (χ4n) is 2.90. The van der Waals surface area contributed by atoms with E-state index in [4.69, 9.17) is 21.1 Å². The molecule has 0 unspecified atom stereocenters. The Kier molecular flexibility index (Phi) is 7.34. The number of hydrogen-bond donors (Lipinski definition) is 1. The van der Waals surface area contributed by atoms with Crippen molar-refractivity contribution < 1.29 is 24.0 Å². The van der Waals surface area contributed by atoms with E-state index >= 15 is 0 Å². The van der Waals surface area contributed by atoms with Gasteiger partial charge in [0.2, 0.25) is 0 Å². The number of nitro benzene ring substituents is 1. The maximum absolute atomic E-state index is 12.0. The lowest BCUT2D eigenvalue weighted by Gasteiger charge is -2.26. The SMILES string of the molecule is O=C(COC(=O)c1ccc(Cl)c([N+](=O)[O-])c1)Nc1ccc(CN2CCOCC2)cc1. The first-order valence-electron chi connectivity index (χ1n) is 9.22. The van der Waals surface area contributed by atoms with Gasteiger partial charge in [-0.25, -0.2) is 4.79 Å². The highest BCUT2D eigenvalue weighted by atomic mass is 35.5. The van der Waals surface area contributed by atoms with E-state index in [1.165, 1.54) is 12.1 Å². The Bertz CT molecular complexity index is 929. The number of anilines is 1. The molecule has 2 aromatic rings. The molecule has 1 aliphatic rings. The van der Waals surface area contributed by atoms with Crippen LogP contribution in [0.15, 0.2) is 42.5 Å².